The van der Waals surface area contributed by atoms with E-state index in [1.807, 2.05) is 11.8 Å². The van der Waals surface area contributed by atoms with Crippen molar-refractivity contribution < 1.29 is 0 Å². The van der Waals surface area contributed by atoms with Gasteiger partial charge in [-0.2, -0.15) is 11.8 Å². The summed E-state index contributed by atoms with van der Waals surface area (Å²) in [6, 6.07) is 0. The Labute approximate surface area is 81.7 Å². The molecule has 0 aliphatic heterocycles. The Morgan fingerprint density at radius 1 is 1.33 bits per heavy atom. The van der Waals surface area contributed by atoms with E-state index in [-0.39, 0.29) is 0 Å². The lowest BCUT2D eigenvalue weighted by Crippen LogP contribution is -2.28. The van der Waals surface area contributed by atoms with Gasteiger partial charge in [0.2, 0.25) is 0 Å². The average molecular weight is 189 g/mol. The van der Waals surface area contributed by atoms with E-state index >= 15 is 0 Å². The molecule has 0 bridgehead atoms. The summed E-state index contributed by atoms with van der Waals surface area (Å²) in [5.41, 5.74) is 0.419. The Morgan fingerprint density at radius 2 is 1.92 bits per heavy atom. The quantitative estimate of drug-likeness (QED) is 0.667. The zero-order chi connectivity index (χ0) is 9.61. The van der Waals surface area contributed by atoms with E-state index in [0.29, 0.717) is 5.41 Å². The first-order valence-electron chi connectivity index (χ1n) is 4.69. The van der Waals surface area contributed by atoms with Gasteiger partial charge in [0.1, 0.15) is 0 Å². The number of hydrogen-bond acceptors (Lipinski definition) is 2. The van der Waals surface area contributed by atoms with E-state index < -0.39 is 0 Å². The van der Waals surface area contributed by atoms with Crippen LogP contribution in [0, 0.1) is 5.41 Å². The number of nitrogens with one attached hydrogen (secondary N) is 1. The van der Waals surface area contributed by atoms with Crippen molar-refractivity contribution in [1.29, 1.82) is 0 Å². The Bertz CT molecular complexity index is 107. The third-order valence-electron chi connectivity index (χ3n) is 1.79. The maximum Gasteiger partial charge on any atom is 0.00280 e. The van der Waals surface area contributed by atoms with Crippen molar-refractivity contribution in [2.45, 2.75) is 39.4 Å². The molecule has 1 unspecified atom stereocenters. The van der Waals surface area contributed by atoms with Crippen molar-refractivity contribution >= 4 is 11.8 Å². The molecule has 1 nitrogen and oxygen atoms in total. The molecular formula is C10H23NS. The summed E-state index contributed by atoms with van der Waals surface area (Å²) in [5.74, 6) is 0. The summed E-state index contributed by atoms with van der Waals surface area (Å²) in [4.78, 5) is 0. The fraction of sp³-hybridized carbons (Fsp3) is 1.00. The molecule has 0 aromatic carbocycles. The van der Waals surface area contributed by atoms with Crippen LogP contribution in [0.2, 0.25) is 0 Å². The van der Waals surface area contributed by atoms with Crippen LogP contribution in [0.3, 0.4) is 0 Å². The Morgan fingerprint density at radius 3 is 2.33 bits per heavy atom. The molecule has 0 aliphatic carbocycles. The number of thioether (sulfide) groups is 1. The average Bonchev–Trinajstić information content (AvgIpc) is 1.96. The molecule has 0 aromatic heterocycles. The van der Waals surface area contributed by atoms with Gasteiger partial charge < -0.3 is 5.32 Å². The van der Waals surface area contributed by atoms with E-state index in [9.17, 15) is 0 Å². The Kier molecular flexibility index (Phi) is 6.02. The SMILES string of the molecule is CSC(C)CCNCC(C)(C)C. The van der Waals surface area contributed by atoms with Gasteiger partial charge in [-0.15, -0.1) is 0 Å². The van der Waals surface area contributed by atoms with E-state index in [2.05, 4.69) is 39.3 Å². The maximum atomic E-state index is 3.48. The minimum absolute atomic E-state index is 0.419. The predicted molar refractivity (Wildman–Crippen MR) is 59.9 cm³/mol. The summed E-state index contributed by atoms with van der Waals surface area (Å²) in [6.45, 7) is 11.3. The van der Waals surface area contributed by atoms with E-state index in [1.54, 1.807) is 0 Å². The van der Waals surface area contributed by atoms with Crippen LogP contribution in [0.5, 0.6) is 0 Å². The van der Waals surface area contributed by atoms with Gasteiger partial charge in [-0.1, -0.05) is 27.7 Å². The first-order chi connectivity index (χ1) is 5.45. The van der Waals surface area contributed by atoms with Gasteiger partial charge in [0, 0.05) is 5.25 Å². The molecule has 0 spiro atoms. The van der Waals surface area contributed by atoms with Crippen LogP contribution in [0.1, 0.15) is 34.1 Å². The third-order valence-corrected chi connectivity index (χ3v) is 2.83. The van der Waals surface area contributed by atoms with Crippen LogP contribution in [-0.2, 0) is 0 Å². The fourth-order valence-corrected chi connectivity index (χ4v) is 1.24. The highest BCUT2D eigenvalue weighted by molar-refractivity contribution is 7.99. The highest BCUT2D eigenvalue weighted by Crippen LogP contribution is 2.11. The van der Waals surface area contributed by atoms with Gasteiger partial charge in [0.15, 0.2) is 0 Å². The number of hydrogen-bond donors (Lipinski definition) is 1. The molecule has 0 rings (SSSR count). The second-order valence-corrected chi connectivity index (χ2v) is 5.85. The van der Waals surface area contributed by atoms with Crippen LogP contribution in [0.4, 0.5) is 0 Å². The van der Waals surface area contributed by atoms with E-state index in [1.165, 1.54) is 6.42 Å². The monoisotopic (exact) mass is 189 g/mol. The van der Waals surface area contributed by atoms with Gasteiger partial charge in [0.05, 0.1) is 0 Å². The summed E-state index contributed by atoms with van der Waals surface area (Å²) in [7, 11) is 0. The van der Waals surface area contributed by atoms with Crippen molar-refractivity contribution in [3.05, 3.63) is 0 Å². The van der Waals surface area contributed by atoms with Crippen molar-refractivity contribution in [3.8, 4) is 0 Å². The van der Waals surface area contributed by atoms with Crippen LogP contribution in [0.15, 0.2) is 0 Å². The van der Waals surface area contributed by atoms with Crippen molar-refractivity contribution in [2.75, 3.05) is 19.3 Å². The molecule has 0 fully saturated rings. The summed E-state index contributed by atoms with van der Waals surface area (Å²) in [6.07, 6.45) is 3.45. The second-order valence-electron chi connectivity index (χ2n) is 4.57. The summed E-state index contributed by atoms with van der Waals surface area (Å²) < 4.78 is 0. The van der Waals surface area contributed by atoms with Gasteiger partial charge in [-0.25, -0.2) is 0 Å². The van der Waals surface area contributed by atoms with E-state index in [0.717, 1.165) is 18.3 Å². The van der Waals surface area contributed by atoms with Crippen LogP contribution >= 0.6 is 11.8 Å². The van der Waals surface area contributed by atoms with Gasteiger partial charge in [-0.05, 0) is 31.2 Å². The standard InChI is InChI=1S/C10H23NS/c1-9(12-5)6-7-11-8-10(2,3)4/h9,11H,6-8H2,1-5H3. The molecule has 12 heavy (non-hydrogen) atoms. The molecule has 74 valence electrons. The van der Waals surface area contributed by atoms with Crippen LogP contribution in [0.25, 0.3) is 0 Å². The molecule has 0 aromatic rings. The number of rotatable bonds is 5. The topological polar surface area (TPSA) is 12.0 Å². The minimum Gasteiger partial charge on any atom is -0.316 e. The Hall–Kier alpha value is 0.310. The highest BCUT2D eigenvalue weighted by atomic mass is 32.2. The van der Waals surface area contributed by atoms with Crippen molar-refractivity contribution in [3.63, 3.8) is 0 Å². The zero-order valence-corrected chi connectivity index (χ0v) is 9.92. The van der Waals surface area contributed by atoms with Crippen LogP contribution in [-0.4, -0.2) is 24.6 Å². The van der Waals surface area contributed by atoms with Gasteiger partial charge >= 0.3 is 0 Å². The molecule has 0 saturated carbocycles. The smallest absolute Gasteiger partial charge is 0.00280 e. The molecule has 2 heteroatoms. The van der Waals surface area contributed by atoms with Gasteiger partial charge in [0.25, 0.3) is 0 Å². The molecule has 0 amide bonds. The summed E-state index contributed by atoms with van der Waals surface area (Å²) >= 11 is 1.94. The third kappa shape index (κ3) is 8.41. The largest absolute Gasteiger partial charge is 0.316 e. The first-order valence-corrected chi connectivity index (χ1v) is 5.98. The van der Waals surface area contributed by atoms with Crippen molar-refractivity contribution in [2.24, 2.45) is 5.41 Å². The fourth-order valence-electron chi connectivity index (χ4n) is 0.887. The van der Waals surface area contributed by atoms with E-state index in [4.69, 9.17) is 0 Å². The maximum absolute atomic E-state index is 3.48. The molecule has 1 N–H and O–H groups in total. The van der Waals surface area contributed by atoms with Gasteiger partial charge in [-0.3, -0.25) is 0 Å². The molecule has 0 aliphatic rings. The molecular weight excluding hydrogens is 166 g/mol. The highest BCUT2D eigenvalue weighted by Gasteiger charge is 2.08. The molecule has 0 saturated heterocycles. The second kappa shape index (κ2) is 5.87. The zero-order valence-electron chi connectivity index (χ0n) is 9.11. The first kappa shape index (κ1) is 12.3. The minimum atomic E-state index is 0.419. The lowest BCUT2D eigenvalue weighted by atomic mass is 9.97. The summed E-state index contributed by atoms with van der Waals surface area (Å²) in [5, 5.41) is 4.27. The van der Waals surface area contributed by atoms with Crippen LogP contribution < -0.4 is 5.32 Å². The Balaban J connectivity index is 3.22. The molecule has 0 heterocycles. The lowest BCUT2D eigenvalue weighted by Gasteiger charge is -2.19. The predicted octanol–water partition coefficient (Wildman–Crippen LogP) is 2.76. The molecule has 0 radical (unpaired) electrons. The normalized spacial score (nSPS) is 14.8. The lowest BCUT2D eigenvalue weighted by molar-refractivity contribution is 0.379. The molecule has 1 atom stereocenters. The van der Waals surface area contributed by atoms with Crippen molar-refractivity contribution in [1.82, 2.24) is 5.32 Å².